The topological polar surface area (TPSA) is 46.3 Å². The number of carbonyl (C=O) groups is 1. The van der Waals surface area contributed by atoms with Crippen molar-refractivity contribution in [3.8, 4) is 0 Å². The van der Waals surface area contributed by atoms with Gasteiger partial charge < -0.3 is 10.6 Å². The molecule has 0 radical (unpaired) electrons. The minimum absolute atomic E-state index is 0.102. The molecule has 3 heteroatoms. The fraction of sp³-hybridized carbons (Fsp3) is 0.364. The van der Waals surface area contributed by atoms with Crippen molar-refractivity contribution in [3.05, 3.63) is 24.3 Å². The van der Waals surface area contributed by atoms with Crippen LogP contribution in [0.25, 0.3) is 0 Å². The van der Waals surface area contributed by atoms with Gasteiger partial charge in [0.25, 0.3) is 0 Å². The molecule has 1 rings (SSSR count). The molecular formula is C11H16N2O. The molecule has 0 fully saturated rings. The van der Waals surface area contributed by atoms with Crippen LogP contribution in [0.5, 0.6) is 0 Å². The van der Waals surface area contributed by atoms with E-state index in [2.05, 4.69) is 0 Å². The summed E-state index contributed by atoms with van der Waals surface area (Å²) in [6.45, 7) is 4.45. The first kappa shape index (κ1) is 10.6. The van der Waals surface area contributed by atoms with Gasteiger partial charge in [-0.2, -0.15) is 0 Å². The van der Waals surface area contributed by atoms with Crippen molar-refractivity contribution in [2.24, 2.45) is 0 Å². The molecule has 0 bridgehead atoms. The van der Waals surface area contributed by atoms with E-state index in [1.54, 1.807) is 11.0 Å². The third-order valence-corrected chi connectivity index (χ3v) is 2.15. The second kappa shape index (κ2) is 4.65. The van der Waals surface area contributed by atoms with Gasteiger partial charge in [-0.1, -0.05) is 19.1 Å². The van der Waals surface area contributed by atoms with Gasteiger partial charge in [0.05, 0.1) is 11.4 Å². The van der Waals surface area contributed by atoms with E-state index in [0.29, 0.717) is 18.7 Å². The number of para-hydroxylation sites is 2. The molecule has 0 aliphatic rings. The van der Waals surface area contributed by atoms with E-state index in [0.717, 1.165) is 5.69 Å². The van der Waals surface area contributed by atoms with Crippen molar-refractivity contribution in [2.75, 3.05) is 17.2 Å². The number of nitrogen functional groups attached to an aromatic ring is 1. The minimum atomic E-state index is 0.102. The van der Waals surface area contributed by atoms with Crippen LogP contribution in [-0.2, 0) is 4.79 Å². The number of hydrogen-bond acceptors (Lipinski definition) is 2. The average molecular weight is 192 g/mol. The smallest absolute Gasteiger partial charge is 0.226 e. The quantitative estimate of drug-likeness (QED) is 0.745. The fourth-order valence-electron chi connectivity index (χ4n) is 1.41. The molecule has 0 saturated carbocycles. The molecule has 14 heavy (non-hydrogen) atoms. The first-order valence-corrected chi connectivity index (χ1v) is 4.85. The Bertz CT molecular complexity index is 323. The number of hydrogen-bond donors (Lipinski definition) is 1. The van der Waals surface area contributed by atoms with Gasteiger partial charge in [-0.3, -0.25) is 4.79 Å². The number of benzene rings is 1. The van der Waals surface area contributed by atoms with Crippen LogP contribution in [0.4, 0.5) is 11.4 Å². The van der Waals surface area contributed by atoms with Gasteiger partial charge in [-0.25, -0.2) is 0 Å². The highest BCUT2D eigenvalue weighted by Crippen LogP contribution is 2.22. The Hall–Kier alpha value is -1.51. The molecule has 0 aromatic heterocycles. The summed E-state index contributed by atoms with van der Waals surface area (Å²) in [5, 5.41) is 0. The van der Waals surface area contributed by atoms with Crippen LogP contribution in [0.1, 0.15) is 20.3 Å². The lowest BCUT2D eigenvalue weighted by molar-refractivity contribution is -0.118. The standard InChI is InChI=1S/C11H16N2O/c1-3-11(14)13(4-2)10-8-6-5-7-9(10)12/h5-8H,3-4,12H2,1-2H3. The molecule has 1 amide bonds. The number of nitrogens with zero attached hydrogens (tertiary/aromatic N) is 1. The van der Waals surface area contributed by atoms with Gasteiger partial charge in [0.15, 0.2) is 0 Å². The summed E-state index contributed by atoms with van der Waals surface area (Å²) in [4.78, 5) is 13.3. The maximum Gasteiger partial charge on any atom is 0.226 e. The van der Waals surface area contributed by atoms with Crippen LogP contribution < -0.4 is 10.6 Å². The Labute approximate surface area is 84.5 Å². The Balaban J connectivity index is 3.01. The number of nitrogens with two attached hydrogens (primary N) is 1. The van der Waals surface area contributed by atoms with Gasteiger partial charge in [0.2, 0.25) is 5.91 Å². The van der Waals surface area contributed by atoms with Gasteiger partial charge >= 0.3 is 0 Å². The number of rotatable bonds is 3. The highest BCUT2D eigenvalue weighted by atomic mass is 16.2. The van der Waals surface area contributed by atoms with Crippen molar-refractivity contribution in [1.82, 2.24) is 0 Å². The van der Waals surface area contributed by atoms with Crippen LogP contribution in [0.3, 0.4) is 0 Å². The summed E-state index contributed by atoms with van der Waals surface area (Å²) in [5.41, 5.74) is 7.25. The lowest BCUT2D eigenvalue weighted by Gasteiger charge is -2.21. The lowest BCUT2D eigenvalue weighted by atomic mass is 10.2. The molecule has 0 unspecified atom stereocenters. The highest BCUT2D eigenvalue weighted by molar-refractivity contribution is 5.95. The summed E-state index contributed by atoms with van der Waals surface area (Å²) in [7, 11) is 0. The third-order valence-electron chi connectivity index (χ3n) is 2.15. The maximum atomic E-state index is 11.6. The van der Waals surface area contributed by atoms with E-state index in [4.69, 9.17) is 5.73 Å². The average Bonchev–Trinajstić information content (AvgIpc) is 2.21. The van der Waals surface area contributed by atoms with Crippen molar-refractivity contribution in [1.29, 1.82) is 0 Å². The molecular weight excluding hydrogens is 176 g/mol. The molecule has 1 aromatic rings. The second-order valence-corrected chi connectivity index (χ2v) is 3.05. The van der Waals surface area contributed by atoms with Crippen LogP contribution in [0.15, 0.2) is 24.3 Å². The number of amides is 1. The summed E-state index contributed by atoms with van der Waals surface area (Å²) >= 11 is 0. The normalized spacial score (nSPS) is 9.86. The predicted molar refractivity (Wildman–Crippen MR) is 59.2 cm³/mol. The molecule has 0 spiro atoms. The SMILES string of the molecule is CCC(=O)N(CC)c1ccccc1N. The molecule has 2 N–H and O–H groups in total. The van der Waals surface area contributed by atoms with Crippen molar-refractivity contribution in [2.45, 2.75) is 20.3 Å². The number of carbonyl (C=O) groups excluding carboxylic acids is 1. The van der Waals surface area contributed by atoms with Gasteiger partial charge in [-0.05, 0) is 19.1 Å². The first-order chi connectivity index (χ1) is 6.70. The summed E-state index contributed by atoms with van der Waals surface area (Å²) in [6, 6.07) is 7.42. The zero-order valence-corrected chi connectivity index (χ0v) is 8.66. The molecule has 0 atom stereocenters. The highest BCUT2D eigenvalue weighted by Gasteiger charge is 2.13. The van der Waals surface area contributed by atoms with E-state index in [1.807, 2.05) is 32.0 Å². The molecule has 0 heterocycles. The van der Waals surface area contributed by atoms with Gasteiger partial charge in [0, 0.05) is 13.0 Å². The third kappa shape index (κ3) is 2.05. The summed E-state index contributed by atoms with van der Waals surface area (Å²) < 4.78 is 0. The zero-order chi connectivity index (χ0) is 10.6. The van der Waals surface area contributed by atoms with Crippen LogP contribution in [0.2, 0.25) is 0 Å². The Morgan fingerprint density at radius 1 is 1.36 bits per heavy atom. The van der Waals surface area contributed by atoms with Gasteiger partial charge in [0.1, 0.15) is 0 Å². The molecule has 0 aliphatic heterocycles. The van der Waals surface area contributed by atoms with Crippen molar-refractivity contribution >= 4 is 17.3 Å². The maximum absolute atomic E-state index is 11.6. The summed E-state index contributed by atoms with van der Waals surface area (Å²) in [6.07, 6.45) is 0.502. The van der Waals surface area contributed by atoms with E-state index in [-0.39, 0.29) is 5.91 Å². The van der Waals surface area contributed by atoms with Crippen LogP contribution >= 0.6 is 0 Å². The Morgan fingerprint density at radius 3 is 2.50 bits per heavy atom. The lowest BCUT2D eigenvalue weighted by Crippen LogP contribution is -2.30. The summed E-state index contributed by atoms with van der Waals surface area (Å²) in [5.74, 6) is 0.102. The van der Waals surface area contributed by atoms with E-state index in [9.17, 15) is 4.79 Å². The Morgan fingerprint density at radius 2 is 2.00 bits per heavy atom. The molecule has 1 aromatic carbocycles. The van der Waals surface area contributed by atoms with Crippen molar-refractivity contribution in [3.63, 3.8) is 0 Å². The fourth-order valence-corrected chi connectivity index (χ4v) is 1.41. The molecule has 0 saturated heterocycles. The predicted octanol–water partition coefficient (Wildman–Crippen LogP) is 2.03. The Kier molecular flexibility index (Phi) is 3.51. The zero-order valence-electron chi connectivity index (χ0n) is 8.66. The van der Waals surface area contributed by atoms with Crippen LogP contribution in [-0.4, -0.2) is 12.5 Å². The molecule has 3 nitrogen and oxygen atoms in total. The van der Waals surface area contributed by atoms with E-state index < -0.39 is 0 Å². The minimum Gasteiger partial charge on any atom is -0.397 e. The van der Waals surface area contributed by atoms with Gasteiger partial charge in [-0.15, -0.1) is 0 Å². The molecule has 76 valence electrons. The first-order valence-electron chi connectivity index (χ1n) is 4.85. The monoisotopic (exact) mass is 192 g/mol. The second-order valence-electron chi connectivity index (χ2n) is 3.05. The van der Waals surface area contributed by atoms with E-state index >= 15 is 0 Å². The van der Waals surface area contributed by atoms with E-state index in [1.165, 1.54) is 0 Å². The number of anilines is 2. The van der Waals surface area contributed by atoms with Crippen molar-refractivity contribution < 1.29 is 4.79 Å². The molecule has 0 aliphatic carbocycles. The largest absolute Gasteiger partial charge is 0.397 e. The van der Waals surface area contributed by atoms with Crippen LogP contribution in [0, 0.1) is 0 Å².